The molecule has 1 amide bonds. The Balaban J connectivity index is 1.59. The number of nitriles is 1. The second-order valence-corrected chi connectivity index (χ2v) is 10.3. The molecule has 0 radical (unpaired) electrons. The maximum Gasteiger partial charge on any atom is 0.257 e. The van der Waals surface area contributed by atoms with Crippen molar-refractivity contribution in [2.75, 3.05) is 5.32 Å². The molecule has 0 bridgehead atoms. The quantitative estimate of drug-likeness (QED) is 0.322. The Morgan fingerprint density at radius 1 is 1.21 bits per heavy atom. The van der Waals surface area contributed by atoms with E-state index in [1.807, 2.05) is 24.3 Å². The number of amides is 1. The lowest BCUT2D eigenvalue weighted by Gasteiger charge is -2.17. The topological polar surface area (TPSA) is 65.8 Å². The van der Waals surface area contributed by atoms with Crippen LogP contribution < -0.4 is 5.32 Å². The fraction of sp³-hybridized carbons (Fsp3) is 0.192. The van der Waals surface area contributed by atoms with Crippen LogP contribution in [0.25, 0.3) is 22.2 Å². The first-order valence-electron chi connectivity index (χ1n) is 10.7. The van der Waals surface area contributed by atoms with Crippen molar-refractivity contribution in [3.05, 3.63) is 80.1 Å². The maximum absolute atomic E-state index is 13.5. The van der Waals surface area contributed by atoms with Gasteiger partial charge in [-0.15, -0.1) is 11.3 Å². The van der Waals surface area contributed by atoms with Gasteiger partial charge in [0, 0.05) is 20.8 Å². The van der Waals surface area contributed by atoms with E-state index in [2.05, 4.69) is 18.3 Å². The van der Waals surface area contributed by atoms with E-state index in [0.717, 1.165) is 30.2 Å². The third-order valence-electron chi connectivity index (χ3n) is 6.02. The molecule has 0 fully saturated rings. The summed E-state index contributed by atoms with van der Waals surface area (Å²) in [5.74, 6) is 0.310. The number of thiophene rings is 1. The average Bonchev–Trinajstić information content (AvgIpc) is 3.14. The second-order valence-electron chi connectivity index (χ2n) is 8.32. The van der Waals surface area contributed by atoms with Crippen molar-refractivity contribution in [3.8, 4) is 17.3 Å². The van der Waals surface area contributed by atoms with Gasteiger partial charge in [0.25, 0.3) is 5.91 Å². The highest BCUT2D eigenvalue weighted by atomic mass is 35.5. The molecular formula is C26H19Cl2N3OS. The van der Waals surface area contributed by atoms with Gasteiger partial charge in [0.2, 0.25) is 0 Å². The molecule has 1 aliphatic rings. The molecule has 33 heavy (non-hydrogen) atoms. The molecule has 4 nitrogen and oxygen atoms in total. The zero-order valence-corrected chi connectivity index (χ0v) is 20.1. The minimum Gasteiger partial charge on any atom is -0.312 e. The lowest BCUT2D eigenvalue weighted by molar-refractivity contribution is 0.102. The Morgan fingerprint density at radius 2 is 2.03 bits per heavy atom. The summed E-state index contributed by atoms with van der Waals surface area (Å²) in [6.45, 7) is 2.22. The zero-order chi connectivity index (χ0) is 23.1. The van der Waals surface area contributed by atoms with E-state index in [9.17, 15) is 10.1 Å². The van der Waals surface area contributed by atoms with Gasteiger partial charge in [-0.25, -0.2) is 4.98 Å². The molecule has 0 unspecified atom stereocenters. The Labute approximate surface area is 205 Å². The number of benzene rings is 2. The van der Waals surface area contributed by atoms with Crippen LogP contribution in [0.5, 0.6) is 0 Å². The highest BCUT2D eigenvalue weighted by Gasteiger charge is 2.25. The molecule has 7 heteroatoms. The zero-order valence-electron chi connectivity index (χ0n) is 17.8. The van der Waals surface area contributed by atoms with Crippen LogP contribution in [-0.4, -0.2) is 10.9 Å². The summed E-state index contributed by atoms with van der Waals surface area (Å²) < 4.78 is 0. The van der Waals surface area contributed by atoms with Crippen LogP contribution in [0.1, 0.15) is 39.7 Å². The Kier molecular flexibility index (Phi) is 5.84. The molecule has 1 atom stereocenters. The molecule has 164 valence electrons. The van der Waals surface area contributed by atoms with Gasteiger partial charge >= 0.3 is 0 Å². The van der Waals surface area contributed by atoms with Crippen LogP contribution in [0, 0.1) is 17.2 Å². The summed E-state index contributed by atoms with van der Waals surface area (Å²) in [5.41, 5.74) is 4.12. The largest absolute Gasteiger partial charge is 0.312 e. The molecule has 5 rings (SSSR count). The molecule has 2 heterocycles. The number of carbonyl (C=O) groups is 1. The molecule has 0 spiro atoms. The first kappa shape index (κ1) is 21.9. The van der Waals surface area contributed by atoms with Crippen LogP contribution >= 0.6 is 34.5 Å². The summed E-state index contributed by atoms with van der Waals surface area (Å²) in [6, 6.07) is 16.8. The van der Waals surface area contributed by atoms with E-state index < -0.39 is 0 Å². The van der Waals surface area contributed by atoms with E-state index in [1.165, 1.54) is 16.2 Å². The van der Waals surface area contributed by atoms with Gasteiger partial charge in [-0.3, -0.25) is 4.79 Å². The van der Waals surface area contributed by atoms with Crippen LogP contribution in [0.4, 0.5) is 5.00 Å². The fourth-order valence-corrected chi connectivity index (χ4v) is 6.19. The average molecular weight is 492 g/mol. The van der Waals surface area contributed by atoms with Gasteiger partial charge in [0.1, 0.15) is 11.1 Å². The molecule has 0 saturated carbocycles. The molecule has 2 aromatic heterocycles. The Hall–Kier alpha value is -2.91. The van der Waals surface area contributed by atoms with E-state index in [-0.39, 0.29) is 5.91 Å². The van der Waals surface area contributed by atoms with Crippen LogP contribution in [0.15, 0.2) is 48.5 Å². The molecule has 4 aromatic rings. The number of hydrogen-bond acceptors (Lipinski definition) is 4. The summed E-state index contributed by atoms with van der Waals surface area (Å²) in [4.78, 5) is 19.4. The number of aromatic nitrogens is 1. The lowest BCUT2D eigenvalue weighted by Crippen LogP contribution is -2.13. The van der Waals surface area contributed by atoms with E-state index in [0.29, 0.717) is 48.9 Å². The van der Waals surface area contributed by atoms with Gasteiger partial charge < -0.3 is 5.32 Å². The standard InChI is InChI=1S/C26H19Cl2N3OS/c1-14-6-8-17-20(13-29)26(33-24(17)10-14)31-25(32)19-12-23(18-9-7-15(27)11-21(18)28)30-22-5-3-2-4-16(19)22/h2-5,7,9,11-12,14H,6,8,10H2,1H3,(H,31,32)/t14-/m1/s1. The third kappa shape index (κ3) is 4.11. The smallest absolute Gasteiger partial charge is 0.257 e. The van der Waals surface area contributed by atoms with E-state index in [1.54, 1.807) is 24.3 Å². The molecular weight excluding hydrogens is 473 g/mol. The molecule has 0 saturated heterocycles. The molecule has 0 aliphatic heterocycles. The molecule has 2 aromatic carbocycles. The van der Waals surface area contributed by atoms with Crippen molar-refractivity contribution in [3.63, 3.8) is 0 Å². The summed E-state index contributed by atoms with van der Waals surface area (Å²) in [5, 5.41) is 15.2. The molecule has 1 N–H and O–H groups in total. The first-order chi connectivity index (χ1) is 15.9. The maximum atomic E-state index is 13.5. The predicted molar refractivity (Wildman–Crippen MR) is 135 cm³/mol. The fourth-order valence-electron chi connectivity index (χ4n) is 4.33. The van der Waals surface area contributed by atoms with Gasteiger partial charge in [0.15, 0.2) is 0 Å². The first-order valence-corrected chi connectivity index (χ1v) is 12.2. The number of nitrogens with zero attached hydrogens (tertiary/aromatic N) is 2. The normalized spacial score (nSPS) is 15.2. The Morgan fingerprint density at radius 3 is 2.82 bits per heavy atom. The van der Waals surface area contributed by atoms with Crippen molar-refractivity contribution >= 4 is 56.3 Å². The third-order valence-corrected chi connectivity index (χ3v) is 7.74. The summed E-state index contributed by atoms with van der Waals surface area (Å²) >= 11 is 14.0. The number of rotatable bonds is 3. The number of pyridine rings is 1. The van der Waals surface area contributed by atoms with E-state index in [4.69, 9.17) is 28.2 Å². The molecule has 1 aliphatic carbocycles. The second kappa shape index (κ2) is 8.79. The highest BCUT2D eigenvalue weighted by molar-refractivity contribution is 7.16. The number of anilines is 1. The number of nitrogens with one attached hydrogen (secondary N) is 1. The highest BCUT2D eigenvalue weighted by Crippen LogP contribution is 2.40. The number of carbonyl (C=O) groups excluding carboxylic acids is 1. The summed E-state index contributed by atoms with van der Waals surface area (Å²) in [7, 11) is 0. The Bertz CT molecular complexity index is 1450. The minimum atomic E-state index is -0.275. The van der Waals surface area contributed by atoms with Crippen LogP contribution in [0.2, 0.25) is 10.0 Å². The SMILES string of the molecule is C[C@@H]1CCc2c(sc(NC(=O)c3cc(-c4ccc(Cl)cc4Cl)nc4ccccc34)c2C#N)C1. The van der Waals surface area contributed by atoms with Crippen molar-refractivity contribution in [1.29, 1.82) is 5.26 Å². The van der Waals surface area contributed by atoms with Crippen LogP contribution in [-0.2, 0) is 12.8 Å². The van der Waals surface area contributed by atoms with Crippen molar-refractivity contribution in [1.82, 2.24) is 4.98 Å². The number of hydrogen-bond donors (Lipinski definition) is 1. The van der Waals surface area contributed by atoms with Crippen molar-refractivity contribution in [2.45, 2.75) is 26.2 Å². The predicted octanol–water partition coefficient (Wildman–Crippen LogP) is 7.52. The van der Waals surface area contributed by atoms with Gasteiger partial charge in [0.05, 0.1) is 27.4 Å². The van der Waals surface area contributed by atoms with E-state index >= 15 is 0 Å². The number of para-hydroxylation sites is 1. The van der Waals surface area contributed by atoms with Crippen molar-refractivity contribution in [2.24, 2.45) is 5.92 Å². The van der Waals surface area contributed by atoms with Gasteiger partial charge in [-0.2, -0.15) is 5.26 Å². The number of halogens is 2. The number of fused-ring (bicyclic) bond motifs is 2. The summed E-state index contributed by atoms with van der Waals surface area (Å²) in [6.07, 6.45) is 2.89. The van der Waals surface area contributed by atoms with Gasteiger partial charge in [-0.05, 0) is 61.1 Å². The van der Waals surface area contributed by atoms with Crippen molar-refractivity contribution < 1.29 is 4.79 Å². The lowest BCUT2D eigenvalue weighted by atomic mass is 9.88. The van der Waals surface area contributed by atoms with Gasteiger partial charge in [-0.1, -0.05) is 48.3 Å². The van der Waals surface area contributed by atoms with Crippen LogP contribution in [0.3, 0.4) is 0 Å². The minimum absolute atomic E-state index is 0.275. The monoisotopic (exact) mass is 491 g/mol.